The summed E-state index contributed by atoms with van der Waals surface area (Å²) in [6.45, 7) is 6.95. The maximum atomic E-state index is 13.7. The molecule has 3 aliphatic heterocycles. The van der Waals surface area contributed by atoms with E-state index in [0.717, 1.165) is 69.5 Å². The highest BCUT2D eigenvalue weighted by Gasteiger charge is 2.30. The van der Waals surface area contributed by atoms with Crippen LogP contribution in [0.3, 0.4) is 0 Å². The van der Waals surface area contributed by atoms with Crippen LogP contribution in [0.25, 0.3) is 0 Å². The topological polar surface area (TPSA) is 58.1 Å². The minimum atomic E-state index is 0.273. The van der Waals surface area contributed by atoms with Gasteiger partial charge in [0, 0.05) is 37.4 Å². The maximum absolute atomic E-state index is 13.7. The Hall–Kier alpha value is -2.64. The Morgan fingerprint density at radius 2 is 1.59 bits per heavy atom. The molecule has 2 saturated heterocycles. The molecule has 0 radical (unpaired) electrons. The highest BCUT2D eigenvalue weighted by atomic mass is 16.5. The molecule has 1 unspecified atom stereocenters. The number of fused-ring (bicyclic) bond motifs is 2. The van der Waals surface area contributed by atoms with Crippen molar-refractivity contribution in [2.45, 2.75) is 70.4 Å². The van der Waals surface area contributed by atoms with Crippen LogP contribution < -0.4 is 9.47 Å². The second-order valence-electron chi connectivity index (χ2n) is 10.7. The van der Waals surface area contributed by atoms with Crippen LogP contribution >= 0.6 is 0 Å². The van der Waals surface area contributed by atoms with E-state index in [4.69, 9.17) is 9.47 Å². The van der Waals surface area contributed by atoms with Gasteiger partial charge in [-0.25, -0.2) is 4.98 Å². The largest absolute Gasteiger partial charge is 0.490 e. The zero-order valence-corrected chi connectivity index (χ0v) is 22.2. The van der Waals surface area contributed by atoms with E-state index in [1.54, 1.807) is 6.20 Å². The molecule has 37 heavy (non-hydrogen) atoms. The molecule has 2 aromatic rings. The quantitative estimate of drug-likeness (QED) is 0.575. The van der Waals surface area contributed by atoms with Crippen molar-refractivity contribution in [2.24, 2.45) is 0 Å². The summed E-state index contributed by atoms with van der Waals surface area (Å²) in [6, 6.07) is 12.2. The molecular formula is C30H42N4O3. The number of pyridine rings is 1. The van der Waals surface area contributed by atoms with Crippen molar-refractivity contribution in [2.75, 3.05) is 45.9 Å². The van der Waals surface area contributed by atoms with E-state index in [0.29, 0.717) is 37.4 Å². The Bertz CT molecular complexity index is 1010. The molecule has 1 aromatic carbocycles. The first-order chi connectivity index (χ1) is 18.3. The van der Waals surface area contributed by atoms with E-state index >= 15 is 0 Å². The number of aromatic nitrogens is 1. The van der Waals surface area contributed by atoms with E-state index < -0.39 is 0 Å². The number of nitrogens with zero attached hydrogens (tertiary/aromatic N) is 4. The lowest BCUT2D eigenvalue weighted by molar-refractivity contribution is -0.136. The first kappa shape index (κ1) is 26.0. The number of para-hydroxylation sites is 2. The molecule has 3 aliphatic rings. The third-order valence-electron chi connectivity index (χ3n) is 7.90. The minimum Gasteiger partial charge on any atom is -0.490 e. The number of rotatable bonds is 4. The number of amides is 1. The number of ether oxygens (including phenoxy) is 2. The van der Waals surface area contributed by atoms with Gasteiger partial charge in [0.05, 0.1) is 13.2 Å². The number of benzene rings is 1. The normalized spacial score (nSPS) is 22.3. The van der Waals surface area contributed by atoms with E-state index in [-0.39, 0.29) is 5.91 Å². The van der Waals surface area contributed by atoms with Crippen LogP contribution in [-0.2, 0) is 11.3 Å². The summed E-state index contributed by atoms with van der Waals surface area (Å²) < 4.78 is 12.3. The van der Waals surface area contributed by atoms with Crippen LogP contribution in [0.15, 0.2) is 42.6 Å². The molecule has 0 saturated carbocycles. The van der Waals surface area contributed by atoms with Gasteiger partial charge in [-0.05, 0) is 82.8 Å². The smallest absolute Gasteiger partial charge is 0.237 e. The fourth-order valence-electron chi connectivity index (χ4n) is 5.89. The first-order valence-electron chi connectivity index (χ1n) is 14.3. The minimum absolute atomic E-state index is 0.273. The average Bonchev–Trinajstić information content (AvgIpc) is 3.43. The molecule has 2 fully saturated rings. The molecule has 4 heterocycles. The predicted molar refractivity (Wildman–Crippen MR) is 145 cm³/mol. The summed E-state index contributed by atoms with van der Waals surface area (Å²) in [5.74, 6) is 2.28. The highest BCUT2D eigenvalue weighted by Crippen LogP contribution is 2.32. The lowest BCUT2D eigenvalue weighted by Crippen LogP contribution is -2.51. The first-order valence-corrected chi connectivity index (χ1v) is 14.3. The monoisotopic (exact) mass is 506 g/mol. The second kappa shape index (κ2) is 13.2. The lowest BCUT2D eigenvalue weighted by atomic mass is 10.0. The van der Waals surface area contributed by atoms with Crippen molar-refractivity contribution in [3.8, 4) is 17.4 Å². The fraction of sp³-hybridized carbons (Fsp3) is 0.600. The van der Waals surface area contributed by atoms with E-state index in [1.165, 1.54) is 32.4 Å². The third kappa shape index (κ3) is 7.23. The van der Waals surface area contributed by atoms with Crippen LogP contribution in [-0.4, -0.2) is 77.5 Å². The maximum Gasteiger partial charge on any atom is 0.237 e. The SMILES string of the molecule is O=C(CN1CCCCCCOc2ccccc2Oc2ncccc2C1)N1CCCCC1CN1CCCC1. The molecule has 1 aromatic heterocycles. The number of hydrogen-bond acceptors (Lipinski definition) is 6. The van der Waals surface area contributed by atoms with Gasteiger partial charge < -0.3 is 19.3 Å². The summed E-state index contributed by atoms with van der Waals surface area (Å²) in [7, 11) is 0. The summed E-state index contributed by atoms with van der Waals surface area (Å²) in [5.41, 5.74) is 0.995. The van der Waals surface area contributed by atoms with Gasteiger partial charge in [-0.3, -0.25) is 9.69 Å². The van der Waals surface area contributed by atoms with Crippen molar-refractivity contribution in [1.29, 1.82) is 0 Å². The zero-order valence-electron chi connectivity index (χ0n) is 22.2. The molecule has 7 heteroatoms. The number of hydrogen-bond donors (Lipinski definition) is 0. The van der Waals surface area contributed by atoms with Crippen molar-refractivity contribution in [3.63, 3.8) is 0 Å². The Morgan fingerprint density at radius 1 is 0.838 bits per heavy atom. The molecule has 0 N–H and O–H groups in total. The van der Waals surface area contributed by atoms with Crippen LogP contribution in [0, 0.1) is 0 Å². The molecule has 1 atom stereocenters. The van der Waals surface area contributed by atoms with Gasteiger partial charge in [0.25, 0.3) is 0 Å². The molecule has 1 amide bonds. The number of likely N-dealkylation sites (tertiary alicyclic amines) is 2. The highest BCUT2D eigenvalue weighted by molar-refractivity contribution is 5.78. The van der Waals surface area contributed by atoms with Crippen molar-refractivity contribution in [1.82, 2.24) is 19.7 Å². The van der Waals surface area contributed by atoms with Gasteiger partial charge in [-0.1, -0.05) is 31.0 Å². The zero-order chi connectivity index (χ0) is 25.3. The summed E-state index contributed by atoms with van der Waals surface area (Å²) >= 11 is 0. The molecule has 200 valence electrons. The molecule has 0 bridgehead atoms. The van der Waals surface area contributed by atoms with E-state index in [2.05, 4.69) is 25.8 Å². The Labute approximate surface area is 221 Å². The predicted octanol–water partition coefficient (Wildman–Crippen LogP) is 5.11. The van der Waals surface area contributed by atoms with Crippen LogP contribution in [0.4, 0.5) is 0 Å². The Balaban J connectivity index is 1.31. The Kier molecular flexibility index (Phi) is 9.30. The number of piperidine rings is 1. The van der Waals surface area contributed by atoms with Gasteiger partial charge >= 0.3 is 0 Å². The second-order valence-corrected chi connectivity index (χ2v) is 10.7. The van der Waals surface area contributed by atoms with Crippen molar-refractivity contribution >= 4 is 5.91 Å². The molecule has 7 nitrogen and oxygen atoms in total. The third-order valence-corrected chi connectivity index (χ3v) is 7.90. The molecule has 0 aliphatic carbocycles. The van der Waals surface area contributed by atoms with Crippen LogP contribution in [0.1, 0.15) is 63.4 Å². The van der Waals surface area contributed by atoms with Crippen molar-refractivity contribution in [3.05, 3.63) is 48.2 Å². The van der Waals surface area contributed by atoms with E-state index in [1.807, 2.05) is 30.3 Å². The fourth-order valence-corrected chi connectivity index (χ4v) is 5.89. The standard InChI is InChI=1S/C30H42N4O3/c35-29(34-20-7-5-13-26(34)23-32-17-8-9-18-32)24-33-19-6-1-2-10-21-36-27-14-3-4-15-28(27)37-30-25(22-33)12-11-16-31-30/h3-4,11-12,14-16,26H,1-2,5-10,13,17-24H2. The lowest BCUT2D eigenvalue weighted by Gasteiger charge is -2.39. The van der Waals surface area contributed by atoms with Crippen molar-refractivity contribution < 1.29 is 14.3 Å². The van der Waals surface area contributed by atoms with Crippen LogP contribution in [0.5, 0.6) is 17.4 Å². The molecule has 5 rings (SSSR count). The number of carbonyl (C=O) groups is 1. The summed E-state index contributed by atoms with van der Waals surface area (Å²) in [6.07, 6.45) is 12.1. The molecule has 0 spiro atoms. The van der Waals surface area contributed by atoms with Gasteiger partial charge in [-0.2, -0.15) is 0 Å². The van der Waals surface area contributed by atoms with Gasteiger partial charge in [0.15, 0.2) is 11.5 Å². The van der Waals surface area contributed by atoms with E-state index in [9.17, 15) is 4.79 Å². The molecular weight excluding hydrogens is 464 g/mol. The Morgan fingerprint density at radius 3 is 2.49 bits per heavy atom. The van der Waals surface area contributed by atoms with Gasteiger partial charge in [-0.15, -0.1) is 0 Å². The average molecular weight is 507 g/mol. The van der Waals surface area contributed by atoms with Crippen LogP contribution in [0.2, 0.25) is 0 Å². The number of carbonyl (C=O) groups excluding carboxylic acids is 1. The summed E-state index contributed by atoms with van der Waals surface area (Å²) in [4.78, 5) is 25.3. The van der Waals surface area contributed by atoms with Gasteiger partial charge in [0.2, 0.25) is 11.8 Å². The summed E-state index contributed by atoms with van der Waals surface area (Å²) in [5, 5.41) is 0. The van der Waals surface area contributed by atoms with Gasteiger partial charge in [0.1, 0.15) is 0 Å².